The SMILES string of the molecule is CCN(CC)CCNC(=O)c1c(C)[nH]c(/C=C2\C(=O)N(C(=O)CC[C@H](NC(=O)[C@H](C)N)C(=O)PC)c3ccc(F)cc32)c1C. The predicted octanol–water partition coefficient (Wildman–Crippen LogP) is 2.70. The van der Waals surface area contributed by atoms with E-state index in [9.17, 15) is 28.4 Å². The Morgan fingerprint density at radius 1 is 1.18 bits per heavy atom. The van der Waals surface area contributed by atoms with Gasteiger partial charge in [-0.15, -0.1) is 0 Å². The second-order valence-corrected chi connectivity index (χ2v) is 11.7. The Balaban J connectivity index is 1.88. The molecule has 11 nitrogen and oxygen atoms in total. The number of carbonyl (C=O) groups is 5. The van der Waals surface area contributed by atoms with Gasteiger partial charge in [0.1, 0.15) is 5.82 Å². The first-order valence-electron chi connectivity index (χ1n) is 14.7. The number of nitrogens with one attached hydrogen (secondary N) is 3. The van der Waals surface area contributed by atoms with Crippen molar-refractivity contribution in [1.82, 2.24) is 20.5 Å². The van der Waals surface area contributed by atoms with Crippen LogP contribution in [0.5, 0.6) is 0 Å². The van der Waals surface area contributed by atoms with Gasteiger partial charge in [-0.1, -0.05) is 22.4 Å². The number of amides is 4. The molecule has 1 aromatic carbocycles. The molecular formula is C31H42FN6O5P. The van der Waals surface area contributed by atoms with Gasteiger partial charge in [0.2, 0.25) is 11.8 Å². The fraction of sp³-hybridized carbons (Fsp3) is 0.452. The van der Waals surface area contributed by atoms with Crippen LogP contribution in [0.15, 0.2) is 18.2 Å². The molecule has 2 aromatic rings. The molecule has 0 saturated carbocycles. The summed E-state index contributed by atoms with van der Waals surface area (Å²) in [5.74, 6) is -2.62. The number of nitrogens with two attached hydrogens (primary N) is 1. The summed E-state index contributed by atoms with van der Waals surface area (Å²) < 4.78 is 14.4. The van der Waals surface area contributed by atoms with Crippen LogP contribution in [0.1, 0.15) is 66.5 Å². The maximum Gasteiger partial charge on any atom is 0.265 e. The standard InChI is InChI=1S/C31H42FN6O5P/c1-7-37(8-2)14-13-34-29(41)27-17(3)24(35-19(27)5)16-22-21-15-20(32)9-11-25(21)38(30(22)42)26(39)12-10-23(31(43)44-6)36-28(40)18(4)33/h9,11,15-16,18,23,35,44H,7-8,10,12-14,33H2,1-6H3,(H,34,41)(H,36,40)/b22-16-/t18-,23-/m0/s1. The Labute approximate surface area is 259 Å². The van der Waals surface area contributed by atoms with Crippen molar-refractivity contribution in [2.75, 3.05) is 37.7 Å². The molecule has 5 N–H and O–H groups in total. The van der Waals surface area contributed by atoms with E-state index in [4.69, 9.17) is 5.73 Å². The summed E-state index contributed by atoms with van der Waals surface area (Å²) in [6.45, 7) is 13.7. The average molecular weight is 629 g/mol. The summed E-state index contributed by atoms with van der Waals surface area (Å²) in [6.07, 6.45) is 1.27. The fourth-order valence-corrected chi connectivity index (χ4v) is 5.70. The second kappa shape index (κ2) is 15.3. The van der Waals surface area contributed by atoms with Crippen LogP contribution in [0.4, 0.5) is 10.1 Å². The molecule has 3 atom stereocenters. The number of aromatic nitrogens is 1. The lowest BCUT2D eigenvalue weighted by atomic mass is 10.0. The van der Waals surface area contributed by atoms with Gasteiger partial charge in [-0.3, -0.25) is 24.0 Å². The molecule has 44 heavy (non-hydrogen) atoms. The van der Waals surface area contributed by atoms with Crippen molar-refractivity contribution in [2.45, 2.75) is 59.5 Å². The highest BCUT2D eigenvalue weighted by molar-refractivity contribution is 7.57. The van der Waals surface area contributed by atoms with E-state index in [0.29, 0.717) is 35.6 Å². The Bertz CT molecular complexity index is 1470. The van der Waals surface area contributed by atoms with E-state index in [2.05, 4.69) is 34.4 Å². The molecular weight excluding hydrogens is 586 g/mol. The molecule has 238 valence electrons. The molecule has 2 heterocycles. The Morgan fingerprint density at radius 3 is 2.48 bits per heavy atom. The highest BCUT2D eigenvalue weighted by atomic mass is 31.1. The van der Waals surface area contributed by atoms with Crippen molar-refractivity contribution in [2.24, 2.45) is 5.73 Å². The van der Waals surface area contributed by atoms with E-state index >= 15 is 0 Å². The van der Waals surface area contributed by atoms with Crippen molar-refractivity contribution in [3.05, 3.63) is 52.1 Å². The lowest BCUT2D eigenvalue weighted by molar-refractivity contribution is -0.127. The highest BCUT2D eigenvalue weighted by Crippen LogP contribution is 2.39. The minimum absolute atomic E-state index is 0.0298. The first kappa shape index (κ1) is 34.8. The maximum absolute atomic E-state index is 14.4. The largest absolute Gasteiger partial charge is 0.358 e. The maximum atomic E-state index is 14.4. The van der Waals surface area contributed by atoms with Gasteiger partial charge in [-0.2, -0.15) is 0 Å². The number of rotatable bonds is 14. The number of fused-ring (bicyclic) bond motifs is 1. The summed E-state index contributed by atoms with van der Waals surface area (Å²) in [4.78, 5) is 71.1. The first-order valence-corrected chi connectivity index (χ1v) is 16.2. The molecule has 0 bridgehead atoms. The number of benzene rings is 1. The molecule has 1 aromatic heterocycles. The topological polar surface area (TPSA) is 158 Å². The number of imide groups is 1. The fourth-order valence-electron chi connectivity index (χ4n) is 5.14. The van der Waals surface area contributed by atoms with Gasteiger partial charge in [0.05, 0.1) is 28.9 Å². The number of carbonyl (C=O) groups excluding carboxylic acids is 5. The summed E-state index contributed by atoms with van der Waals surface area (Å²) in [5.41, 5.74) is 8.05. The molecule has 1 aliphatic rings. The summed E-state index contributed by atoms with van der Waals surface area (Å²) >= 11 is 0. The van der Waals surface area contributed by atoms with Gasteiger partial charge in [-0.05, 0) is 76.8 Å². The van der Waals surface area contributed by atoms with Crippen LogP contribution in [-0.4, -0.2) is 84.0 Å². The van der Waals surface area contributed by atoms with Crippen LogP contribution in [0.3, 0.4) is 0 Å². The number of anilines is 1. The monoisotopic (exact) mass is 628 g/mol. The van der Waals surface area contributed by atoms with E-state index in [1.54, 1.807) is 20.5 Å². The van der Waals surface area contributed by atoms with Crippen LogP contribution < -0.4 is 21.3 Å². The quantitative estimate of drug-likeness (QED) is 0.185. The third kappa shape index (κ3) is 7.85. The average Bonchev–Trinajstić information content (AvgIpc) is 3.42. The van der Waals surface area contributed by atoms with Crippen LogP contribution in [0, 0.1) is 19.7 Å². The zero-order chi connectivity index (χ0) is 32.7. The van der Waals surface area contributed by atoms with Crippen molar-refractivity contribution < 1.29 is 28.4 Å². The molecule has 1 unspecified atom stereocenters. The Kier molecular flexibility index (Phi) is 12.1. The summed E-state index contributed by atoms with van der Waals surface area (Å²) in [5, 5.41) is 5.52. The van der Waals surface area contributed by atoms with Crippen molar-refractivity contribution in [3.63, 3.8) is 0 Å². The van der Waals surface area contributed by atoms with Gasteiger partial charge in [0, 0.05) is 36.5 Å². The van der Waals surface area contributed by atoms with Crippen molar-refractivity contribution in [1.29, 1.82) is 0 Å². The van der Waals surface area contributed by atoms with E-state index in [1.165, 1.54) is 25.1 Å². The lowest BCUT2D eigenvalue weighted by Crippen LogP contribution is -2.47. The molecule has 13 heteroatoms. The van der Waals surface area contributed by atoms with E-state index < -0.39 is 35.6 Å². The molecule has 0 fully saturated rings. The van der Waals surface area contributed by atoms with Gasteiger partial charge >= 0.3 is 0 Å². The van der Waals surface area contributed by atoms with Gasteiger partial charge < -0.3 is 26.3 Å². The van der Waals surface area contributed by atoms with Crippen molar-refractivity contribution >= 4 is 55.1 Å². The second-order valence-electron chi connectivity index (χ2n) is 10.7. The number of likely N-dealkylation sites (N-methyl/N-ethyl adjacent to an activating group) is 1. The molecule has 4 amide bonds. The number of aryl methyl sites for hydroxylation is 1. The lowest BCUT2D eigenvalue weighted by Gasteiger charge is -2.20. The molecule has 1 aliphatic heterocycles. The van der Waals surface area contributed by atoms with E-state index in [0.717, 1.165) is 24.1 Å². The predicted molar refractivity (Wildman–Crippen MR) is 171 cm³/mol. The zero-order valence-electron chi connectivity index (χ0n) is 26.1. The summed E-state index contributed by atoms with van der Waals surface area (Å²) in [6, 6.07) is 1.94. The van der Waals surface area contributed by atoms with Crippen LogP contribution in [-0.2, 0) is 19.2 Å². The normalized spacial score (nSPS) is 15.2. The van der Waals surface area contributed by atoms with Crippen molar-refractivity contribution in [3.8, 4) is 0 Å². The molecule has 0 spiro atoms. The van der Waals surface area contributed by atoms with Crippen LogP contribution in [0.25, 0.3) is 11.6 Å². The number of hydrogen-bond acceptors (Lipinski definition) is 7. The Morgan fingerprint density at radius 2 is 1.86 bits per heavy atom. The van der Waals surface area contributed by atoms with Gasteiger partial charge in [-0.25, -0.2) is 9.29 Å². The van der Waals surface area contributed by atoms with Crippen LogP contribution >= 0.6 is 8.58 Å². The third-order valence-electron chi connectivity index (χ3n) is 7.71. The highest BCUT2D eigenvalue weighted by Gasteiger charge is 2.37. The van der Waals surface area contributed by atoms with Crippen LogP contribution in [0.2, 0.25) is 0 Å². The summed E-state index contributed by atoms with van der Waals surface area (Å²) in [7, 11) is -0.116. The molecule has 0 saturated heterocycles. The van der Waals surface area contributed by atoms with Gasteiger partial charge in [0.15, 0.2) is 5.52 Å². The zero-order valence-corrected chi connectivity index (χ0v) is 27.1. The van der Waals surface area contributed by atoms with Gasteiger partial charge in [0.25, 0.3) is 11.8 Å². The number of halogens is 1. The molecule has 0 aliphatic carbocycles. The third-order valence-corrected chi connectivity index (χ3v) is 8.55. The number of H-pyrrole nitrogens is 1. The van der Waals surface area contributed by atoms with E-state index in [-0.39, 0.29) is 49.7 Å². The molecule has 3 rings (SSSR count). The minimum atomic E-state index is -0.928. The molecule has 0 radical (unpaired) electrons. The number of hydrogen-bond donors (Lipinski definition) is 4. The number of nitrogens with zero attached hydrogens (tertiary/aromatic N) is 2. The smallest absolute Gasteiger partial charge is 0.265 e. The number of aromatic amines is 1. The minimum Gasteiger partial charge on any atom is -0.358 e. The van der Waals surface area contributed by atoms with E-state index in [1.807, 2.05) is 0 Å². The Hall–Kier alpha value is -3.73. The first-order chi connectivity index (χ1) is 20.8.